The lowest BCUT2D eigenvalue weighted by Gasteiger charge is -2.53. The van der Waals surface area contributed by atoms with Crippen molar-refractivity contribution >= 4 is 34.1 Å². The Morgan fingerprint density at radius 2 is 1.77 bits per heavy atom. The van der Waals surface area contributed by atoms with Gasteiger partial charge in [0, 0.05) is 6.92 Å². The van der Waals surface area contributed by atoms with E-state index in [0.717, 1.165) is 43.4 Å². The highest BCUT2D eigenvalue weighted by atomic mass is 32.2. The number of hydrogen-bond donors (Lipinski definition) is 0. The molecule has 0 N–H and O–H groups in total. The van der Waals surface area contributed by atoms with Gasteiger partial charge in [-0.25, -0.2) is 5.01 Å². The van der Waals surface area contributed by atoms with Gasteiger partial charge in [0.2, 0.25) is 0 Å². The summed E-state index contributed by atoms with van der Waals surface area (Å²) >= 11 is 1.31. The van der Waals surface area contributed by atoms with Crippen molar-refractivity contribution < 1.29 is 14.3 Å². The quantitative estimate of drug-likeness (QED) is 0.657. The molecule has 0 amide bonds. The average Bonchev–Trinajstić information content (AvgIpc) is 3.15. The number of carbonyl (C=O) groups is 2. The third-order valence-electron chi connectivity index (χ3n) is 6.41. The Morgan fingerprint density at radius 3 is 2.47 bits per heavy atom. The van der Waals surface area contributed by atoms with Gasteiger partial charge >= 0.3 is 0 Å². The minimum absolute atomic E-state index is 0.105. The van der Waals surface area contributed by atoms with Crippen molar-refractivity contribution in [3.05, 3.63) is 59.7 Å². The van der Waals surface area contributed by atoms with Crippen molar-refractivity contribution in [2.75, 3.05) is 5.01 Å². The van der Waals surface area contributed by atoms with Gasteiger partial charge in [-0.3, -0.25) is 9.59 Å². The molecule has 0 radical (unpaired) electrons. The maximum Gasteiger partial charge on any atom is 0.269 e. The smallest absolute Gasteiger partial charge is 0.269 e. The van der Waals surface area contributed by atoms with E-state index in [-0.39, 0.29) is 11.6 Å². The number of aryl methyl sites for hydroxylation is 1. The number of thioether (sulfide) groups is 1. The minimum Gasteiger partial charge on any atom is -0.454 e. The molecule has 0 aromatic heterocycles. The summed E-state index contributed by atoms with van der Waals surface area (Å²) < 4.78 is 6.72. The van der Waals surface area contributed by atoms with Crippen LogP contribution in [0.2, 0.25) is 0 Å². The van der Waals surface area contributed by atoms with E-state index in [1.807, 2.05) is 55.5 Å². The molecule has 30 heavy (non-hydrogen) atoms. The highest BCUT2D eigenvalue weighted by Crippen LogP contribution is 2.61. The molecule has 0 saturated heterocycles. The monoisotopic (exact) mass is 420 g/mol. The van der Waals surface area contributed by atoms with Gasteiger partial charge < -0.3 is 4.74 Å². The number of fused-ring (bicyclic) bond motifs is 2. The Bertz CT molecular complexity index is 1060. The zero-order chi connectivity index (χ0) is 20.9. The number of hydrazone groups is 1. The molecule has 1 fully saturated rings. The molecule has 2 spiro atoms. The molecule has 3 aliphatic rings. The number of rotatable bonds is 2. The van der Waals surface area contributed by atoms with Gasteiger partial charge in [-0.2, -0.15) is 5.10 Å². The fourth-order valence-electron chi connectivity index (χ4n) is 4.86. The number of ketones is 2. The summed E-state index contributed by atoms with van der Waals surface area (Å²) in [5, 5.41) is 5.79. The summed E-state index contributed by atoms with van der Waals surface area (Å²) in [6, 6.07) is 15.4. The van der Waals surface area contributed by atoms with Gasteiger partial charge in [0.05, 0.1) is 11.3 Å². The normalized spacial score (nSPS) is 24.5. The van der Waals surface area contributed by atoms with Crippen LogP contribution in [0.5, 0.6) is 5.75 Å². The molecule has 1 aliphatic carbocycles. The van der Waals surface area contributed by atoms with Crippen molar-refractivity contribution in [2.24, 2.45) is 10.5 Å². The lowest BCUT2D eigenvalue weighted by atomic mass is 9.66. The van der Waals surface area contributed by atoms with E-state index in [1.165, 1.54) is 18.7 Å². The summed E-state index contributed by atoms with van der Waals surface area (Å²) in [6.45, 7) is 3.55. The van der Waals surface area contributed by atoms with Crippen LogP contribution in [0.1, 0.15) is 54.9 Å². The summed E-state index contributed by atoms with van der Waals surface area (Å²) in [4.78, 5) is 26.4. The van der Waals surface area contributed by atoms with Gasteiger partial charge in [0.15, 0.2) is 16.6 Å². The minimum atomic E-state index is -1.10. The second-order valence-corrected chi connectivity index (χ2v) is 9.51. The molecule has 0 bridgehead atoms. The first kappa shape index (κ1) is 19.4. The maximum atomic E-state index is 14.0. The topological polar surface area (TPSA) is 59.0 Å². The van der Waals surface area contributed by atoms with Crippen molar-refractivity contribution in [1.82, 2.24) is 0 Å². The SMILES string of the molecule is CC(=O)C1=NN(c2ccc(C)cc2)[C@@]2(Oc3ccccc3C(=O)C23CCCCC3)S1. The van der Waals surface area contributed by atoms with Gasteiger partial charge in [-0.15, -0.1) is 0 Å². The van der Waals surface area contributed by atoms with Crippen LogP contribution in [0.25, 0.3) is 0 Å². The highest BCUT2D eigenvalue weighted by molar-refractivity contribution is 8.17. The molecule has 2 heterocycles. The number of ether oxygens (including phenoxy) is 1. The van der Waals surface area contributed by atoms with E-state index in [0.29, 0.717) is 16.4 Å². The summed E-state index contributed by atoms with van der Waals surface area (Å²) in [6.07, 6.45) is 4.45. The van der Waals surface area contributed by atoms with Gasteiger partial charge in [0.25, 0.3) is 5.06 Å². The Hall–Kier alpha value is -2.60. The Balaban J connectivity index is 1.74. The number of benzene rings is 2. The average molecular weight is 421 g/mol. The van der Waals surface area contributed by atoms with Crippen LogP contribution in [0.15, 0.2) is 53.6 Å². The van der Waals surface area contributed by atoms with E-state index in [4.69, 9.17) is 9.84 Å². The molecule has 2 aromatic rings. The Morgan fingerprint density at radius 1 is 1.07 bits per heavy atom. The van der Waals surface area contributed by atoms with Crippen LogP contribution >= 0.6 is 11.8 Å². The molecule has 0 unspecified atom stereocenters. The van der Waals surface area contributed by atoms with Crippen LogP contribution in [0.3, 0.4) is 0 Å². The largest absolute Gasteiger partial charge is 0.454 e. The number of Topliss-reactive ketones (excluding diaryl/α,β-unsaturated/α-hetero) is 2. The summed E-state index contributed by atoms with van der Waals surface area (Å²) in [5.74, 6) is 0.548. The first-order chi connectivity index (χ1) is 14.5. The summed E-state index contributed by atoms with van der Waals surface area (Å²) in [5.41, 5.74) is 1.82. The first-order valence-electron chi connectivity index (χ1n) is 10.5. The van der Waals surface area contributed by atoms with Crippen molar-refractivity contribution in [1.29, 1.82) is 0 Å². The lowest BCUT2D eigenvalue weighted by Crippen LogP contribution is -2.64. The second-order valence-electron chi connectivity index (χ2n) is 8.36. The van der Waals surface area contributed by atoms with Crippen LogP contribution in [0, 0.1) is 12.3 Å². The zero-order valence-electron chi connectivity index (χ0n) is 17.2. The predicted molar refractivity (Wildman–Crippen MR) is 119 cm³/mol. The zero-order valence-corrected chi connectivity index (χ0v) is 18.0. The molecule has 1 atom stereocenters. The van der Waals surface area contributed by atoms with Gasteiger partial charge in [0.1, 0.15) is 11.2 Å². The third kappa shape index (κ3) is 2.66. The van der Waals surface area contributed by atoms with E-state index in [1.54, 1.807) is 5.01 Å². The molecular weight excluding hydrogens is 396 g/mol. The first-order valence-corrected chi connectivity index (χ1v) is 11.3. The molecular formula is C24H24N2O3S. The van der Waals surface area contributed by atoms with E-state index in [9.17, 15) is 9.59 Å². The van der Waals surface area contributed by atoms with E-state index in [2.05, 4.69) is 0 Å². The molecule has 2 aliphatic heterocycles. The van der Waals surface area contributed by atoms with Crippen LogP contribution < -0.4 is 9.75 Å². The van der Waals surface area contributed by atoms with Crippen molar-refractivity contribution in [3.63, 3.8) is 0 Å². The number of nitrogens with zero attached hydrogens (tertiary/aromatic N) is 2. The fourth-order valence-corrected chi connectivity index (χ4v) is 6.25. The van der Waals surface area contributed by atoms with Crippen molar-refractivity contribution in [2.45, 2.75) is 51.0 Å². The van der Waals surface area contributed by atoms with Gasteiger partial charge in [-0.05, 0) is 55.8 Å². The number of carbonyl (C=O) groups excluding carboxylic acids is 2. The standard InChI is InChI=1S/C24H24N2O3S/c1-16-10-12-18(13-11-16)26-24(30-22(25-26)17(2)27)23(14-6-3-7-15-23)21(28)19-8-4-5-9-20(19)29-24/h4-5,8-13H,3,6-7,14-15H2,1-2H3/t24-/m0/s1. The molecule has 5 rings (SSSR count). The van der Waals surface area contributed by atoms with Crippen LogP contribution in [-0.4, -0.2) is 21.7 Å². The fraction of sp³-hybridized carbons (Fsp3) is 0.375. The van der Waals surface area contributed by atoms with E-state index >= 15 is 0 Å². The predicted octanol–water partition coefficient (Wildman–Crippen LogP) is 5.33. The van der Waals surface area contributed by atoms with Gasteiger partial charge in [-0.1, -0.05) is 49.1 Å². The summed E-state index contributed by atoms with van der Waals surface area (Å²) in [7, 11) is 0. The number of hydrogen-bond acceptors (Lipinski definition) is 6. The molecule has 1 saturated carbocycles. The van der Waals surface area contributed by atoms with Crippen molar-refractivity contribution in [3.8, 4) is 5.75 Å². The molecule has 154 valence electrons. The van der Waals surface area contributed by atoms with Crippen LogP contribution in [0.4, 0.5) is 5.69 Å². The number of para-hydroxylation sites is 1. The molecule has 6 heteroatoms. The molecule has 5 nitrogen and oxygen atoms in total. The highest BCUT2D eigenvalue weighted by Gasteiger charge is 2.68. The Labute approximate surface area is 180 Å². The van der Waals surface area contributed by atoms with Crippen LogP contribution in [-0.2, 0) is 4.79 Å². The third-order valence-corrected chi connectivity index (χ3v) is 7.90. The van der Waals surface area contributed by atoms with E-state index < -0.39 is 10.5 Å². The molecule has 2 aromatic carbocycles. The second kappa shape index (κ2) is 6.98. The maximum absolute atomic E-state index is 14.0. The Kier molecular flexibility index (Phi) is 4.51. The number of anilines is 1. The lowest BCUT2D eigenvalue weighted by molar-refractivity contribution is -0.110.